The summed E-state index contributed by atoms with van der Waals surface area (Å²) in [5, 5.41) is 8.26. The van der Waals surface area contributed by atoms with Crippen molar-refractivity contribution in [2.45, 2.75) is 11.7 Å². The third-order valence-electron chi connectivity index (χ3n) is 2.61. The molecule has 0 radical (unpaired) electrons. The van der Waals surface area contributed by atoms with Crippen LogP contribution in [0, 0.1) is 0 Å². The molecule has 7 heteroatoms. The van der Waals surface area contributed by atoms with Crippen molar-refractivity contribution in [2.75, 3.05) is 10.7 Å². The van der Waals surface area contributed by atoms with Crippen molar-refractivity contribution in [2.24, 2.45) is 0 Å². The van der Waals surface area contributed by atoms with Crippen LogP contribution in [0.15, 0.2) is 24.3 Å². The van der Waals surface area contributed by atoms with Gasteiger partial charge in [0, 0.05) is 6.42 Å². The van der Waals surface area contributed by atoms with Gasteiger partial charge >= 0.3 is 5.97 Å². The standard InChI is InChI=1S/C12H10ClNO4S/c13-7-3-1-2-4-8(7)14-10(15)5-9(12(14)18)19-6-11(16)17/h1-4,9H,5-6H2,(H,16,17). The summed E-state index contributed by atoms with van der Waals surface area (Å²) in [6.45, 7) is 0. The maximum absolute atomic E-state index is 12.1. The number of carboxylic acids is 1. The average Bonchev–Trinajstić information content (AvgIpc) is 2.63. The van der Waals surface area contributed by atoms with Crippen molar-refractivity contribution in [3.05, 3.63) is 29.3 Å². The number of carboxylic acid groups (broad SMARTS) is 1. The molecule has 100 valence electrons. The van der Waals surface area contributed by atoms with E-state index in [4.69, 9.17) is 16.7 Å². The van der Waals surface area contributed by atoms with Gasteiger partial charge in [0.25, 0.3) is 0 Å². The number of rotatable bonds is 4. The summed E-state index contributed by atoms with van der Waals surface area (Å²) in [6.07, 6.45) is 0.00199. The lowest BCUT2D eigenvalue weighted by Crippen LogP contribution is -2.31. The first kappa shape index (κ1) is 13.9. The Labute approximate surface area is 118 Å². The number of carbonyl (C=O) groups is 3. The van der Waals surface area contributed by atoms with E-state index in [2.05, 4.69) is 0 Å². The van der Waals surface area contributed by atoms with E-state index < -0.39 is 17.1 Å². The lowest BCUT2D eigenvalue weighted by Gasteiger charge is -2.15. The molecule has 1 aromatic carbocycles. The highest BCUT2D eigenvalue weighted by molar-refractivity contribution is 8.01. The van der Waals surface area contributed by atoms with Gasteiger partial charge in [0.15, 0.2) is 0 Å². The van der Waals surface area contributed by atoms with E-state index in [1.54, 1.807) is 24.3 Å². The van der Waals surface area contributed by atoms with Gasteiger partial charge in [-0.3, -0.25) is 14.4 Å². The van der Waals surface area contributed by atoms with E-state index in [0.29, 0.717) is 10.7 Å². The quantitative estimate of drug-likeness (QED) is 0.858. The summed E-state index contributed by atoms with van der Waals surface area (Å²) in [5.74, 6) is -1.99. The molecular weight excluding hydrogens is 290 g/mol. The number of thioether (sulfide) groups is 1. The molecule has 2 rings (SSSR count). The van der Waals surface area contributed by atoms with Crippen molar-refractivity contribution in [3.8, 4) is 0 Å². The van der Waals surface area contributed by atoms with Crippen LogP contribution in [0.25, 0.3) is 0 Å². The van der Waals surface area contributed by atoms with Crippen LogP contribution in [0.4, 0.5) is 5.69 Å². The number of hydrogen-bond donors (Lipinski definition) is 1. The van der Waals surface area contributed by atoms with Gasteiger partial charge in [-0.25, -0.2) is 4.90 Å². The van der Waals surface area contributed by atoms with Gasteiger partial charge in [-0.05, 0) is 12.1 Å². The normalized spacial score (nSPS) is 19.0. The van der Waals surface area contributed by atoms with Crippen molar-refractivity contribution < 1.29 is 19.5 Å². The third kappa shape index (κ3) is 2.90. The first-order valence-electron chi connectivity index (χ1n) is 5.45. The average molecular weight is 300 g/mol. The Morgan fingerprint density at radius 3 is 2.74 bits per heavy atom. The number of hydrogen-bond acceptors (Lipinski definition) is 4. The summed E-state index contributed by atoms with van der Waals surface area (Å²) in [4.78, 5) is 35.5. The van der Waals surface area contributed by atoms with Gasteiger partial charge < -0.3 is 5.11 Å². The number of imide groups is 1. The summed E-state index contributed by atoms with van der Waals surface area (Å²) >= 11 is 6.92. The van der Waals surface area contributed by atoms with E-state index in [0.717, 1.165) is 16.7 Å². The molecule has 1 atom stereocenters. The van der Waals surface area contributed by atoms with Gasteiger partial charge in [-0.1, -0.05) is 23.7 Å². The number of aliphatic carboxylic acids is 1. The van der Waals surface area contributed by atoms with Crippen LogP contribution in [0.2, 0.25) is 5.02 Å². The fraction of sp³-hybridized carbons (Fsp3) is 0.250. The smallest absolute Gasteiger partial charge is 0.313 e. The van der Waals surface area contributed by atoms with Crippen molar-refractivity contribution >= 4 is 46.8 Å². The van der Waals surface area contributed by atoms with Gasteiger partial charge in [-0.15, -0.1) is 11.8 Å². The SMILES string of the molecule is O=C(O)CSC1CC(=O)N(c2ccccc2Cl)C1=O. The van der Waals surface area contributed by atoms with E-state index in [9.17, 15) is 14.4 Å². The molecule has 1 unspecified atom stereocenters. The highest BCUT2D eigenvalue weighted by Crippen LogP contribution is 2.33. The summed E-state index contributed by atoms with van der Waals surface area (Å²) in [7, 11) is 0. The van der Waals surface area contributed by atoms with Crippen molar-refractivity contribution in [1.29, 1.82) is 0 Å². The van der Waals surface area contributed by atoms with Crippen LogP contribution in [0.1, 0.15) is 6.42 Å². The molecule has 1 aliphatic rings. The molecule has 1 saturated heterocycles. The molecule has 0 aliphatic carbocycles. The number of anilines is 1. The molecule has 0 saturated carbocycles. The minimum Gasteiger partial charge on any atom is -0.481 e. The maximum Gasteiger partial charge on any atom is 0.313 e. The second kappa shape index (κ2) is 5.63. The lowest BCUT2D eigenvalue weighted by molar-refractivity contribution is -0.134. The summed E-state index contributed by atoms with van der Waals surface area (Å²) in [6, 6.07) is 6.56. The monoisotopic (exact) mass is 299 g/mol. The zero-order chi connectivity index (χ0) is 14.0. The van der Waals surface area contributed by atoms with Crippen LogP contribution in [0.3, 0.4) is 0 Å². The van der Waals surface area contributed by atoms with E-state index in [1.165, 1.54) is 0 Å². The topological polar surface area (TPSA) is 74.7 Å². The molecule has 19 heavy (non-hydrogen) atoms. The molecule has 1 N–H and O–H groups in total. The molecule has 5 nitrogen and oxygen atoms in total. The Hall–Kier alpha value is -1.53. The van der Waals surface area contributed by atoms with Gasteiger partial charge in [0.2, 0.25) is 11.8 Å². The zero-order valence-corrected chi connectivity index (χ0v) is 11.3. The molecular formula is C12H10ClNO4S. The van der Waals surface area contributed by atoms with Gasteiger partial charge in [0.05, 0.1) is 21.7 Å². The summed E-state index contributed by atoms with van der Waals surface area (Å²) in [5.41, 5.74) is 0.345. The Morgan fingerprint density at radius 2 is 2.11 bits per heavy atom. The van der Waals surface area contributed by atoms with E-state index in [1.807, 2.05) is 0 Å². The Bertz CT molecular complexity index is 548. The summed E-state index contributed by atoms with van der Waals surface area (Å²) < 4.78 is 0. The number of halogens is 1. The molecule has 1 heterocycles. The highest BCUT2D eigenvalue weighted by Gasteiger charge is 2.40. The van der Waals surface area contributed by atoms with Crippen molar-refractivity contribution in [3.63, 3.8) is 0 Å². The zero-order valence-electron chi connectivity index (χ0n) is 9.71. The molecule has 2 amide bonds. The number of carbonyl (C=O) groups excluding carboxylic acids is 2. The number of para-hydroxylation sites is 1. The number of amides is 2. The van der Waals surface area contributed by atoms with Gasteiger partial charge in [0.1, 0.15) is 0 Å². The molecule has 1 aliphatic heterocycles. The van der Waals surface area contributed by atoms with Crippen LogP contribution in [0.5, 0.6) is 0 Å². The minimum absolute atomic E-state index is 0.00199. The molecule has 0 bridgehead atoms. The molecule has 0 spiro atoms. The van der Waals surface area contributed by atoms with Gasteiger partial charge in [-0.2, -0.15) is 0 Å². The van der Waals surface area contributed by atoms with Crippen LogP contribution in [-0.4, -0.2) is 33.9 Å². The highest BCUT2D eigenvalue weighted by atomic mass is 35.5. The Balaban J connectivity index is 2.19. The maximum atomic E-state index is 12.1. The second-order valence-electron chi connectivity index (χ2n) is 3.92. The van der Waals surface area contributed by atoms with Crippen LogP contribution in [-0.2, 0) is 14.4 Å². The Morgan fingerprint density at radius 1 is 1.42 bits per heavy atom. The number of nitrogens with zero attached hydrogens (tertiary/aromatic N) is 1. The Kier molecular flexibility index (Phi) is 4.11. The van der Waals surface area contributed by atoms with Crippen LogP contribution < -0.4 is 4.90 Å². The molecule has 0 aromatic heterocycles. The molecule has 1 fully saturated rings. The first-order chi connectivity index (χ1) is 9.00. The van der Waals surface area contributed by atoms with E-state index in [-0.39, 0.29) is 18.1 Å². The lowest BCUT2D eigenvalue weighted by atomic mass is 10.3. The van der Waals surface area contributed by atoms with E-state index >= 15 is 0 Å². The minimum atomic E-state index is -1.01. The third-order valence-corrected chi connectivity index (χ3v) is 4.11. The molecule has 1 aromatic rings. The number of benzene rings is 1. The van der Waals surface area contributed by atoms with Crippen molar-refractivity contribution in [1.82, 2.24) is 0 Å². The largest absolute Gasteiger partial charge is 0.481 e. The first-order valence-corrected chi connectivity index (χ1v) is 6.88. The fourth-order valence-electron chi connectivity index (χ4n) is 1.79. The predicted octanol–water partition coefficient (Wildman–Crippen LogP) is 1.79. The second-order valence-corrected chi connectivity index (χ2v) is 5.51. The predicted molar refractivity (Wildman–Crippen MR) is 72.4 cm³/mol. The van der Waals surface area contributed by atoms with Crippen LogP contribution >= 0.6 is 23.4 Å². The fourth-order valence-corrected chi connectivity index (χ4v) is 2.86.